The summed E-state index contributed by atoms with van der Waals surface area (Å²) in [4.78, 5) is 21.4. The molecule has 9 nitrogen and oxygen atoms in total. The lowest BCUT2D eigenvalue weighted by Gasteiger charge is -2.12. The van der Waals surface area contributed by atoms with Crippen molar-refractivity contribution in [1.82, 2.24) is 24.9 Å². The molecular formula is C18H21N7O2. The molecule has 140 valence electrons. The van der Waals surface area contributed by atoms with Gasteiger partial charge in [-0.25, -0.2) is 9.97 Å². The largest absolute Gasteiger partial charge is 0.480 e. The number of pyridine rings is 1. The lowest BCUT2D eigenvalue weighted by atomic mass is 10.3. The molecule has 1 amide bonds. The first-order valence-corrected chi connectivity index (χ1v) is 8.74. The van der Waals surface area contributed by atoms with Crippen molar-refractivity contribution >= 4 is 28.9 Å². The van der Waals surface area contributed by atoms with Crippen LogP contribution in [0.2, 0.25) is 0 Å². The first kappa shape index (κ1) is 17.1. The molecule has 3 N–H and O–H groups in total. The van der Waals surface area contributed by atoms with E-state index in [1.54, 1.807) is 43.2 Å². The number of fused-ring (bicyclic) bond motifs is 1. The first-order chi connectivity index (χ1) is 13.1. The molecule has 1 aliphatic rings. The molecule has 3 aromatic heterocycles. The second-order valence-electron chi connectivity index (χ2n) is 6.55. The van der Waals surface area contributed by atoms with Gasteiger partial charge in [0, 0.05) is 25.4 Å². The fraction of sp³-hybridized carbons (Fsp3) is 0.333. The Bertz CT molecular complexity index is 1000. The van der Waals surface area contributed by atoms with Gasteiger partial charge >= 0.3 is 0 Å². The van der Waals surface area contributed by atoms with Crippen LogP contribution in [0.4, 0.5) is 17.3 Å². The van der Waals surface area contributed by atoms with Crippen molar-refractivity contribution in [1.29, 1.82) is 0 Å². The summed E-state index contributed by atoms with van der Waals surface area (Å²) in [6.45, 7) is 2.11. The van der Waals surface area contributed by atoms with Gasteiger partial charge in [-0.2, -0.15) is 9.61 Å². The summed E-state index contributed by atoms with van der Waals surface area (Å²) in [5.41, 5.74) is 1.58. The topological polar surface area (TPSA) is 105 Å². The second-order valence-corrected chi connectivity index (χ2v) is 6.55. The summed E-state index contributed by atoms with van der Waals surface area (Å²) in [7, 11) is 3.35. The number of hydrogen-bond acceptors (Lipinski definition) is 7. The third-order valence-electron chi connectivity index (χ3n) is 4.63. The molecular weight excluding hydrogens is 346 g/mol. The summed E-state index contributed by atoms with van der Waals surface area (Å²) in [6.07, 6.45) is 4.20. The van der Waals surface area contributed by atoms with Crippen molar-refractivity contribution in [3.05, 3.63) is 36.2 Å². The van der Waals surface area contributed by atoms with E-state index in [0.717, 1.165) is 6.42 Å². The average Bonchev–Trinajstić information content (AvgIpc) is 3.19. The van der Waals surface area contributed by atoms with Crippen molar-refractivity contribution in [2.75, 3.05) is 24.8 Å². The maximum atomic E-state index is 12.6. The van der Waals surface area contributed by atoms with Crippen LogP contribution < -0.4 is 20.7 Å². The molecule has 0 bridgehead atoms. The van der Waals surface area contributed by atoms with Crippen molar-refractivity contribution in [3.63, 3.8) is 0 Å². The predicted molar refractivity (Wildman–Crippen MR) is 102 cm³/mol. The van der Waals surface area contributed by atoms with E-state index >= 15 is 0 Å². The Kier molecular flexibility index (Phi) is 4.27. The lowest BCUT2D eigenvalue weighted by molar-refractivity contribution is 0.0951. The molecule has 0 spiro atoms. The SMILES string of the molecule is CNc1cc(Nc2cccnc2OC)nc2c(C(=O)N[C@H]3C[C@@H]3C)cnn12. The third kappa shape index (κ3) is 3.23. The van der Waals surface area contributed by atoms with Gasteiger partial charge in [0.05, 0.1) is 13.3 Å². The van der Waals surface area contributed by atoms with Crippen LogP contribution in [-0.2, 0) is 0 Å². The second kappa shape index (κ2) is 6.75. The van der Waals surface area contributed by atoms with Crippen LogP contribution in [0, 0.1) is 5.92 Å². The van der Waals surface area contributed by atoms with Crippen LogP contribution in [0.1, 0.15) is 23.7 Å². The minimum atomic E-state index is -0.162. The van der Waals surface area contributed by atoms with E-state index in [9.17, 15) is 4.79 Å². The zero-order valence-electron chi connectivity index (χ0n) is 15.4. The van der Waals surface area contributed by atoms with Crippen molar-refractivity contribution in [2.24, 2.45) is 5.92 Å². The highest BCUT2D eigenvalue weighted by molar-refractivity contribution is 6.00. The van der Waals surface area contributed by atoms with Gasteiger partial charge in [0.15, 0.2) is 5.65 Å². The monoisotopic (exact) mass is 367 g/mol. The van der Waals surface area contributed by atoms with E-state index < -0.39 is 0 Å². The smallest absolute Gasteiger partial charge is 0.256 e. The number of rotatable bonds is 6. The number of methoxy groups -OCH3 is 1. The first-order valence-electron chi connectivity index (χ1n) is 8.74. The Labute approximate surface area is 156 Å². The number of carbonyl (C=O) groups excluding carboxylic acids is 1. The highest BCUT2D eigenvalue weighted by Crippen LogP contribution is 2.30. The minimum Gasteiger partial charge on any atom is -0.480 e. The molecule has 0 radical (unpaired) electrons. The normalized spacial score (nSPS) is 18.2. The van der Waals surface area contributed by atoms with Gasteiger partial charge in [-0.15, -0.1) is 0 Å². The van der Waals surface area contributed by atoms with Crippen LogP contribution in [0.25, 0.3) is 5.65 Å². The number of amides is 1. The van der Waals surface area contributed by atoms with Gasteiger partial charge in [0.2, 0.25) is 5.88 Å². The van der Waals surface area contributed by atoms with Gasteiger partial charge in [0.1, 0.15) is 22.9 Å². The molecule has 0 aliphatic heterocycles. The maximum Gasteiger partial charge on any atom is 0.256 e. The number of hydrogen-bond donors (Lipinski definition) is 3. The summed E-state index contributed by atoms with van der Waals surface area (Å²) < 4.78 is 6.88. The lowest BCUT2D eigenvalue weighted by Crippen LogP contribution is -2.26. The van der Waals surface area contributed by atoms with E-state index in [-0.39, 0.29) is 11.9 Å². The van der Waals surface area contributed by atoms with E-state index in [1.807, 2.05) is 6.07 Å². The summed E-state index contributed by atoms with van der Waals surface area (Å²) in [5, 5.41) is 13.6. The van der Waals surface area contributed by atoms with Gasteiger partial charge in [-0.05, 0) is 24.5 Å². The Balaban J connectivity index is 1.71. The van der Waals surface area contributed by atoms with E-state index in [1.165, 1.54) is 0 Å². The molecule has 1 aliphatic carbocycles. The zero-order valence-corrected chi connectivity index (χ0v) is 15.4. The van der Waals surface area contributed by atoms with Crippen molar-refractivity contribution in [2.45, 2.75) is 19.4 Å². The molecule has 1 fully saturated rings. The van der Waals surface area contributed by atoms with Crippen molar-refractivity contribution < 1.29 is 9.53 Å². The van der Waals surface area contributed by atoms with E-state index in [4.69, 9.17) is 4.74 Å². The zero-order chi connectivity index (χ0) is 19.0. The fourth-order valence-corrected chi connectivity index (χ4v) is 2.92. The van der Waals surface area contributed by atoms with Crippen LogP contribution in [0.5, 0.6) is 5.88 Å². The number of carbonyl (C=O) groups is 1. The molecule has 0 unspecified atom stereocenters. The van der Waals surface area contributed by atoms with Gasteiger partial charge in [-0.3, -0.25) is 4.79 Å². The quantitative estimate of drug-likeness (QED) is 0.612. The molecule has 3 heterocycles. The Morgan fingerprint density at radius 2 is 2.22 bits per heavy atom. The molecule has 0 aromatic carbocycles. The maximum absolute atomic E-state index is 12.6. The van der Waals surface area contributed by atoms with Crippen LogP contribution in [0.15, 0.2) is 30.6 Å². The van der Waals surface area contributed by atoms with E-state index in [2.05, 4.69) is 37.9 Å². The number of anilines is 3. The van der Waals surface area contributed by atoms with Gasteiger partial charge in [0.25, 0.3) is 5.91 Å². The van der Waals surface area contributed by atoms with Crippen molar-refractivity contribution in [3.8, 4) is 5.88 Å². The molecule has 2 atom stereocenters. The standard InChI is InChI=1S/C18H21N7O2/c1-10-7-13(10)23-17(26)11-9-21-25-15(19-2)8-14(24-16(11)25)22-12-5-4-6-20-18(12)27-3/h4-6,8-10,13,19H,7H2,1-3H3,(H,22,24)(H,23,26)/t10-,13-/m0/s1. The number of ether oxygens (including phenoxy) is 1. The highest BCUT2D eigenvalue weighted by atomic mass is 16.5. The van der Waals surface area contributed by atoms with E-state index in [0.29, 0.717) is 40.3 Å². The van der Waals surface area contributed by atoms with Gasteiger partial charge in [-0.1, -0.05) is 6.92 Å². The summed E-state index contributed by atoms with van der Waals surface area (Å²) in [5.74, 6) is 2.06. The molecule has 27 heavy (non-hydrogen) atoms. The van der Waals surface area contributed by atoms with Crippen LogP contribution >= 0.6 is 0 Å². The minimum absolute atomic E-state index is 0.162. The number of nitrogens with one attached hydrogen (secondary N) is 3. The number of aromatic nitrogens is 4. The number of nitrogens with zero attached hydrogens (tertiary/aromatic N) is 4. The molecule has 3 aromatic rings. The average molecular weight is 367 g/mol. The fourth-order valence-electron chi connectivity index (χ4n) is 2.92. The Morgan fingerprint density at radius 3 is 2.93 bits per heavy atom. The van der Waals surface area contributed by atoms with Crippen LogP contribution in [-0.4, -0.2) is 45.7 Å². The highest BCUT2D eigenvalue weighted by Gasteiger charge is 2.34. The van der Waals surface area contributed by atoms with Crippen LogP contribution in [0.3, 0.4) is 0 Å². The molecule has 1 saturated carbocycles. The predicted octanol–water partition coefficient (Wildman–Crippen LogP) is 2.06. The Hall–Kier alpha value is -3.36. The summed E-state index contributed by atoms with van der Waals surface area (Å²) in [6, 6.07) is 5.68. The Morgan fingerprint density at radius 1 is 1.41 bits per heavy atom. The third-order valence-corrected chi connectivity index (χ3v) is 4.63. The van der Waals surface area contributed by atoms with Gasteiger partial charge < -0.3 is 20.7 Å². The molecule has 0 saturated heterocycles. The molecule has 4 rings (SSSR count). The molecule has 9 heteroatoms. The summed E-state index contributed by atoms with van der Waals surface area (Å²) >= 11 is 0.